The van der Waals surface area contributed by atoms with Gasteiger partial charge in [0.05, 0.1) is 6.10 Å². The zero-order valence-electron chi connectivity index (χ0n) is 12.4. The first-order valence-electron chi connectivity index (χ1n) is 7.21. The second kappa shape index (κ2) is 7.90. The van der Waals surface area contributed by atoms with Crippen LogP contribution in [0.2, 0.25) is 0 Å². The number of ether oxygens (including phenoxy) is 3. The largest absolute Gasteiger partial charge is 0.461 e. The van der Waals surface area contributed by atoms with Gasteiger partial charge in [0.15, 0.2) is 6.10 Å². The lowest BCUT2D eigenvalue weighted by Gasteiger charge is -2.17. The van der Waals surface area contributed by atoms with Crippen LogP contribution in [0.4, 0.5) is 0 Å². The van der Waals surface area contributed by atoms with E-state index < -0.39 is 17.4 Å². The van der Waals surface area contributed by atoms with Crippen LogP contribution >= 0.6 is 0 Å². The lowest BCUT2D eigenvalue weighted by molar-refractivity contribution is -0.158. The van der Waals surface area contributed by atoms with Crippen molar-refractivity contribution in [3.63, 3.8) is 0 Å². The Morgan fingerprint density at radius 2 is 2.36 bits per heavy atom. The number of hydrogen-bond donors (Lipinski definition) is 1. The number of aromatic nitrogens is 2. The zero-order valence-corrected chi connectivity index (χ0v) is 12.4. The molecule has 2 atom stereocenters. The molecule has 0 amide bonds. The van der Waals surface area contributed by atoms with Gasteiger partial charge in [0.25, 0.3) is 5.56 Å². The van der Waals surface area contributed by atoms with Crippen molar-refractivity contribution in [1.29, 1.82) is 0 Å². The molecule has 1 aliphatic rings. The first-order chi connectivity index (χ1) is 10.6. The summed E-state index contributed by atoms with van der Waals surface area (Å²) in [7, 11) is 1.51. The molecular formula is C14H20N2O6. The fraction of sp³-hybridized carbons (Fsp3) is 0.643. The minimum absolute atomic E-state index is 0.104. The van der Waals surface area contributed by atoms with Crippen molar-refractivity contribution in [2.75, 3.05) is 20.3 Å². The van der Waals surface area contributed by atoms with E-state index in [1.165, 1.54) is 23.9 Å². The number of carbonyl (C=O) groups is 1. The second-order valence-corrected chi connectivity index (χ2v) is 5.08. The SMILES string of the molecule is COC(CCn1ccc(=O)[nH]c1=O)COC(=O)C1CCCO1. The summed E-state index contributed by atoms with van der Waals surface area (Å²) in [5.41, 5.74) is -0.909. The molecule has 0 saturated carbocycles. The highest BCUT2D eigenvalue weighted by molar-refractivity contribution is 5.74. The Morgan fingerprint density at radius 3 is 3.00 bits per heavy atom. The van der Waals surface area contributed by atoms with Gasteiger partial charge in [-0.15, -0.1) is 0 Å². The fourth-order valence-electron chi connectivity index (χ4n) is 2.20. The summed E-state index contributed by atoms with van der Waals surface area (Å²) in [5.74, 6) is -0.374. The summed E-state index contributed by atoms with van der Waals surface area (Å²) in [5, 5.41) is 0. The Labute approximate surface area is 127 Å². The molecule has 1 fully saturated rings. The summed E-state index contributed by atoms with van der Waals surface area (Å²) >= 11 is 0. The van der Waals surface area contributed by atoms with E-state index in [-0.39, 0.29) is 18.7 Å². The molecule has 2 unspecified atom stereocenters. The van der Waals surface area contributed by atoms with Crippen LogP contribution in [0.15, 0.2) is 21.9 Å². The van der Waals surface area contributed by atoms with Crippen LogP contribution in [-0.4, -0.2) is 48.1 Å². The lowest BCUT2D eigenvalue weighted by Crippen LogP contribution is -2.32. The molecule has 0 radical (unpaired) electrons. The molecular weight excluding hydrogens is 292 g/mol. The number of aromatic amines is 1. The van der Waals surface area contributed by atoms with Crippen LogP contribution in [0, 0.1) is 0 Å². The molecule has 1 aromatic heterocycles. The third-order valence-corrected chi connectivity index (χ3v) is 3.53. The van der Waals surface area contributed by atoms with Gasteiger partial charge >= 0.3 is 11.7 Å². The van der Waals surface area contributed by atoms with Crippen LogP contribution in [0.1, 0.15) is 19.3 Å². The van der Waals surface area contributed by atoms with Gasteiger partial charge < -0.3 is 18.8 Å². The number of nitrogens with zero attached hydrogens (tertiary/aromatic N) is 1. The van der Waals surface area contributed by atoms with Gasteiger partial charge in [-0.1, -0.05) is 0 Å². The van der Waals surface area contributed by atoms with Gasteiger partial charge in [-0.05, 0) is 19.3 Å². The van der Waals surface area contributed by atoms with Crippen molar-refractivity contribution in [3.05, 3.63) is 33.1 Å². The Balaban J connectivity index is 1.80. The van der Waals surface area contributed by atoms with E-state index in [0.717, 1.165) is 6.42 Å². The number of esters is 1. The van der Waals surface area contributed by atoms with E-state index in [4.69, 9.17) is 14.2 Å². The Kier molecular flexibility index (Phi) is 5.91. The third-order valence-electron chi connectivity index (χ3n) is 3.53. The predicted octanol–water partition coefficient (Wildman–Crippen LogP) is -0.336. The third kappa shape index (κ3) is 4.54. The van der Waals surface area contributed by atoms with Gasteiger partial charge in [-0.2, -0.15) is 0 Å². The number of hydrogen-bond acceptors (Lipinski definition) is 6. The molecule has 1 saturated heterocycles. The summed E-state index contributed by atoms with van der Waals surface area (Å²) in [6.07, 6.45) is 2.64. The minimum atomic E-state index is -0.473. The summed E-state index contributed by atoms with van der Waals surface area (Å²) in [4.78, 5) is 36.4. The predicted molar refractivity (Wildman–Crippen MR) is 76.7 cm³/mol. The van der Waals surface area contributed by atoms with Crippen LogP contribution in [0.25, 0.3) is 0 Å². The van der Waals surface area contributed by atoms with E-state index in [2.05, 4.69) is 4.98 Å². The molecule has 22 heavy (non-hydrogen) atoms. The highest BCUT2D eigenvalue weighted by atomic mass is 16.6. The van der Waals surface area contributed by atoms with Crippen molar-refractivity contribution >= 4 is 5.97 Å². The Hall–Kier alpha value is -1.93. The number of aryl methyl sites for hydroxylation is 1. The van der Waals surface area contributed by atoms with E-state index in [1.807, 2.05) is 0 Å². The molecule has 0 aliphatic carbocycles. The molecule has 2 heterocycles. The van der Waals surface area contributed by atoms with Crippen LogP contribution in [0.5, 0.6) is 0 Å². The van der Waals surface area contributed by atoms with E-state index >= 15 is 0 Å². The van der Waals surface area contributed by atoms with Crippen molar-refractivity contribution < 1.29 is 19.0 Å². The van der Waals surface area contributed by atoms with Crippen molar-refractivity contribution in [3.8, 4) is 0 Å². The van der Waals surface area contributed by atoms with Crippen molar-refractivity contribution in [1.82, 2.24) is 9.55 Å². The quantitative estimate of drug-likeness (QED) is 0.692. The molecule has 0 bridgehead atoms. The maximum atomic E-state index is 11.7. The normalized spacial score (nSPS) is 19.0. The molecule has 8 heteroatoms. The molecule has 1 aliphatic heterocycles. The summed E-state index contributed by atoms with van der Waals surface area (Å²) in [6.45, 7) is 1.04. The number of H-pyrrole nitrogens is 1. The molecule has 2 rings (SSSR count). The Bertz CT molecular complexity index is 602. The summed E-state index contributed by atoms with van der Waals surface area (Å²) < 4.78 is 17.0. The molecule has 0 spiro atoms. The van der Waals surface area contributed by atoms with Crippen molar-refractivity contribution in [2.45, 2.75) is 38.0 Å². The van der Waals surface area contributed by atoms with Gasteiger partial charge in [0.1, 0.15) is 6.61 Å². The average Bonchev–Trinajstić information content (AvgIpc) is 3.03. The molecule has 8 nitrogen and oxygen atoms in total. The molecule has 0 aromatic carbocycles. The topological polar surface area (TPSA) is 99.6 Å². The number of rotatable bonds is 7. The number of nitrogens with one attached hydrogen (secondary N) is 1. The van der Waals surface area contributed by atoms with E-state index in [1.54, 1.807) is 0 Å². The van der Waals surface area contributed by atoms with E-state index in [0.29, 0.717) is 26.0 Å². The monoisotopic (exact) mass is 312 g/mol. The summed E-state index contributed by atoms with van der Waals surface area (Å²) in [6, 6.07) is 1.28. The number of carbonyl (C=O) groups excluding carboxylic acids is 1. The number of methoxy groups -OCH3 is 1. The first kappa shape index (κ1) is 16.4. The molecule has 1 N–H and O–H groups in total. The van der Waals surface area contributed by atoms with Crippen LogP contribution in [-0.2, 0) is 25.5 Å². The molecule has 1 aromatic rings. The maximum absolute atomic E-state index is 11.7. The zero-order chi connectivity index (χ0) is 15.9. The van der Waals surface area contributed by atoms with Gasteiger partial charge in [-0.3, -0.25) is 9.78 Å². The maximum Gasteiger partial charge on any atom is 0.335 e. The van der Waals surface area contributed by atoms with Gasteiger partial charge in [0, 0.05) is 32.5 Å². The molecule has 122 valence electrons. The minimum Gasteiger partial charge on any atom is -0.461 e. The van der Waals surface area contributed by atoms with Gasteiger partial charge in [-0.25, -0.2) is 9.59 Å². The standard InChI is InChI=1S/C14H20N2O6/c1-20-10(9-22-13(18)11-3-2-8-21-11)4-6-16-7-5-12(17)15-14(16)19/h5,7,10-11H,2-4,6,8-9H2,1H3,(H,15,17,19). The highest BCUT2D eigenvalue weighted by Gasteiger charge is 2.25. The highest BCUT2D eigenvalue weighted by Crippen LogP contribution is 2.13. The van der Waals surface area contributed by atoms with Gasteiger partial charge in [0.2, 0.25) is 0 Å². The fourth-order valence-corrected chi connectivity index (χ4v) is 2.20. The lowest BCUT2D eigenvalue weighted by atomic mass is 10.2. The average molecular weight is 312 g/mol. The second-order valence-electron chi connectivity index (χ2n) is 5.08. The first-order valence-corrected chi connectivity index (χ1v) is 7.21. The smallest absolute Gasteiger partial charge is 0.335 e. The van der Waals surface area contributed by atoms with Crippen LogP contribution < -0.4 is 11.2 Å². The van der Waals surface area contributed by atoms with Crippen molar-refractivity contribution in [2.24, 2.45) is 0 Å². The Morgan fingerprint density at radius 1 is 1.55 bits per heavy atom. The van der Waals surface area contributed by atoms with E-state index in [9.17, 15) is 14.4 Å². The van der Waals surface area contributed by atoms with Crippen LogP contribution in [0.3, 0.4) is 0 Å².